The molecule has 0 saturated heterocycles. The molecule has 1 aromatic carbocycles. The molecule has 0 amide bonds. The van der Waals surface area contributed by atoms with Crippen LogP contribution in [0.5, 0.6) is 5.75 Å². The van der Waals surface area contributed by atoms with Crippen LogP contribution in [-0.2, 0) is 0 Å². The highest BCUT2D eigenvalue weighted by Crippen LogP contribution is 2.42. The molecule has 17 heavy (non-hydrogen) atoms. The number of nitrogen functional groups attached to an aromatic ring is 1. The number of aliphatic hydroxyl groups excluding tert-OH is 2. The Morgan fingerprint density at radius 2 is 1.88 bits per heavy atom. The summed E-state index contributed by atoms with van der Waals surface area (Å²) in [6, 6.07) is 1.13. The SMILES string of the molecule is CC(O)c1cc(N)c(O)c(C(C)O)c1[N+](=O)[O-]. The van der Waals surface area contributed by atoms with Crippen molar-refractivity contribution in [2.75, 3.05) is 5.73 Å². The minimum atomic E-state index is -1.27. The van der Waals surface area contributed by atoms with Crippen LogP contribution >= 0.6 is 0 Å². The molecule has 0 saturated carbocycles. The minimum Gasteiger partial charge on any atom is -0.505 e. The fraction of sp³-hybridized carbons (Fsp3) is 0.400. The molecule has 5 N–H and O–H groups in total. The fourth-order valence-corrected chi connectivity index (χ4v) is 1.65. The van der Waals surface area contributed by atoms with Gasteiger partial charge in [0.05, 0.1) is 28.4 Å². The third kappa shape index (κ3) is 2.29. The van der Waals surface area contributed by atoms with Crippen LogP contribution in [0.1, 0.15) is 37.2 Å². The number of benzene rings is 1. The van der Waals surface area contributed by atoms with Crippen molar-refractivity contribution >= 4 is 11.4 Å². The molecule has 1 aromatic rings. The van der Waals surface area contributed by atoms with Crippen LogP contribution in [-0.4, -0.2) is 20.2 Å². The van der Waals surface area contributed by atoms with Gasteiger partial charge in [-0.05, 0) is 19.9 Å². The van der Waals surface area contributed by atoms with Gasteiger partial charge in [0.2, 0.25) is 0 Å². The Labute approximate surface area is 97.3 Å². The van der Waals surface area contributed by atoms with Crippen molar-refractivity contribution in [2.45, 2.75) is 26.1 Å². The first-order valence-corrected chi connectivity index (χ1v) is 4.93. The zero-order valence-corrected chi connectivity index (χ0v) is 9.41. The maximum absolute atomic E-state index is 10.9. The third-order valence-corrected chi connectivity index (χ3v) is 2.42. The van der Waals surface area contributed by atoms with E-state index in [1.54, 1.807) is 0 Å². The summed E-state index contributed by atoms with van der Waals surface area (Å²) in [5.74, 6) is -0.531. The van der Waals surface area contributed by atoms with Crippen LogP contribution in [0.15, 0.2) is 6.07 Å². The molecule has 0 aliphatic heterocycles. The summed E-state index contributed by atoms with van der Waals surface area (Å²) in [5, 5.41) is 39.5. The van der Waals surface area contributed by atoms with Gasteiger partial charge in [-0.2, -0.15) is 0 Å². The quantitative estimate of drug-likeness (QED) is 0.270. The summed E-state index contributed by atoms with van der Waals surface area (Å²) in [6.07, 6.45) is -2.40. The van der Waals surface area contributed by atoms with Crippen LogP contribution in [0.3, 0.4) is 0 Å². The largest absolute Gasteiger partial charge is 0.505 e. The van der Waals surface area contributed by atoms with E-state index in [1.165, 1.54) is 13.8 Å². The van der Waals surface area contributed by atoms with E-state index in [-0.39, 0.29) is 16.8 Å². The number of hydrogen-bond donors (Lipinski definition) is 4. The topological polar surface area (TPSA) is 130 Å². The minimum absolute atomic E-state index is 0.0406. The second kappa shape index (κ2) is 4.56. The maximum atomic E-state index is 10.9. The summed E-state index contributed by atoms with van der Waals surface area (Å²) in [4.78, 5) is 10.2. The number of nitro groups is 1. The number of aliphatic hydroxyl groups is 2. The summed E-state index contributed by atoms with van der Waals surface area (Å²) >= 11 is 0. The highest BCUT2D eigenvalue weighted by molar-refractivity contribution is 5.68. The first-order valence-electron chi connectivity index (χ1n) is 4.93. The Morgan fingerprint density at radius 3 is 2.24 bits per heavy atom. The van der Waals surface area contributed by atoms with Crippen LogP contribution in [0.25, 0.3) is 0 Å². The number of hydrogen-bond acceptors (Lipinski definition) is 6. The Morgan fingerprint density at radius 1 is 1.35 bits per heavy atom. The van der Waals surface area contributed by atoms with Crippen molar-refractivity contribution < 1.29 is 20.2 Å². The molecule has 7 nitrogen and oxygen atoms in total. The number of phenolic OH excluding ortho intramolecular Hbond substituents is 1. The molecule has 0 spiro atoms. The number of phenols is 1. The van der Waals surface area contributed by atoms with Gasteiger partial charge in [0, 0.05) is 0 Å². The molecule has 2 atom stereocenters. The Hall–Kier alpha value is -1.86. The van der Waals surface area contributed by atoms with Gasteiger partial charge in [-0.1, -0.05) is 0 Å². The molecule has 0 aliphatic carbocycles. The van der Waals surface area contributed by atoms with Gasteiger partial charge in [-0.25, -0.2) is 0 Å². The number of aromatic hydroxyl groups is 1. The zero-order valence-electron chi connectivity index (χ0n) is 9.41. The molecule has 0 aliphatic rings. The van der Waals surface area contributed by atoms with E-state index in [9.17, 15) is 25.4 Å². The molecule has 0 aromatic heterocycles. The lowest BCUT2D eigenvalue weighted by Crippen LogP contribution is -2.07. The summed E-state index contributed by atoms with van der Waals surface area (Å²) in [6.45, 7) is 2.61. The molecule has 94 valence electrons. The molecule has 0 fully saturated rings. The zero-order chi connectivity index (χ0) is 13.3. The number of nitrogens with zero attached hydrogens (tertiary/aromatic N) is 1. The van der Waals surface area contributed by atoms with Gasteiger partial charge < -0.3 is 21.1 Å². The van der Waals surface area contributed by atoms with E-state index < -0.39 is 28.6 Å². The van der Waals surface area contributed by atoms with Crippen molar-refractivity contribution in [1.82, 2.24) is 0 Å². The van der Waals surface area contributed by atoms with Crippen molar-refractivity contribution in [1.29, 1.82) is 0 Å². The first-order chi connectivity index (χ1) is 7.77. The Balaban J connectivity index is 3.70. The molecule has 7 heteroatoms. The predicted molar refractivity (Wildman–Crippen MR) is 60.4 cm³/mol. The predicted octanol–water partition coefficient (Wildman–Crippen LogP) is 0.989. The fourth-order valence-electron chi connectivity index (χ4n) is 1.65. The van der Waals surface area contributed by atoms with E-state index in [0.717, 1.165) is 6.07 Å². The molecular weight excluding hydrogens is 228 g/mol. The number of anilines is 1. The van der Waals surface area contributed by atoms with Crippen molar-refractivity contribution in [3.63, 3.8) is 0 Å². The highest BCUT2D eigenvalue weighted by Gasteiger charge is 2.29. The monoisotopic (exact) mass is 242 g/mol. The molecule has 2 unspecified atom stereocenters. The van der Waals surface area contributed by atoms with Gasteiger partial charge in [0.15, 0.2) is 5.75 Å². The van der Waals surface area contributed by atoms with Gasteiger partial charge in [-0.3, -0.25) is 10.1 Å². The summed E-state index contributed by atoms with van der Waals surface area (Å²) < 4.78 is 0. The van der Waals surface area contributed by atoms with Crippen LogP contribution in [0, 0.1) is 10.1 Å². The van der Waals surface area contributed by atoms with E-state index >= 15 is 0 Å². The van der Waals surface area contributed by atoms with E-state index in [0.29, 0.717) is 0 Å². The molecule has 0 heterocycles. The summed E-state index contributed by atoms with van der Waals surface area (Å²) in [5.41, 5.74) is 4.51. The molecule has 0 radical (unpaired) electrons. The summed E-state index contributed by atoms with van der Waals surface area (Å²) in [7, 11) is 0. The number of rotatable bonds is 3. The third-order valence-electron chi connectivity index (χ3n) is 2.42. The van der Waals surface area contributed by atoms with Crippen molar-refractivity contribution in [2.24, 2.45) is 0 Å². The molecular formula is C10H14N2O5. The van der Waals surface area contributed by atoms with Crippen LogP contribution < -0.4 is 5.73 Å². The Kier molecular flexibility index (Phi) is 3.54. The van der Waals surface area contributed by atoms with E-state index in [2.05, 4.69) is 0 Å². The Bertz CT molecular complexity index is 456. The highest BCUT2D eigenvalue weighted by atomic mass is 16.6. The van der Waals surface area contributed by atoms with Gasteiger partial charge >= 0.3 is 0 Å². The smallest absolute Gasteiger partial charge is 0.284 e. The maximum Gasteiger partial charge on any atom is 0.284 e. The second-order valence-electron chi connectivity index (χ2n) is 3.77. The van der Waals surface area contributed by atoms with E-state index in [1.807, 2.05) is 0 Å². The lowest BCUT2D eigenvalue weighted by molar-refractivity contribution is -0.387. The van der Waals surface area contributed by atoms with Gasteiger partial charge in [0.1, 0.15) is 5.56 Å². The average Bonchev–Trinajstić information content (AvgIpc) is 2.19. The average molecular weight is 242 g/mol. The lowest BCUT2D eigenvalue weighted by atomic mass is 9.98. The normalized spacial score (nSPS) is 14.4. The van der Waals surface area contributed by atoms with Gasteiger partial charge in [-0.15, -0.1) is 0 Å². The number of nitro benzene ring substituents is 1. The van der Waals surface area contributed by atoms with Crippen LogP contribution in [0.2, 0.25) is 0 Å². The number of nitrogens with two attached hydrogens (primary N) is 1. The first kappa shape index (κ1) is 13.2. The standard InChI is InChI=1S/C10H14N2O5/c1-4(13)6-3-7(11)10(15)8(5(2)14)9(6)12(16)17/h3-5,13-15H,11H2,1-2H3. The lowest BCUT2D eigenvalue weighted by Gasteiger charge is -2.15. The van der Waals surface area contributed by atoms with Crippen molar-refractivity contribution in [3.05, 3.63) is 27.3 Å². The van der Waals surface area contributed by atoms with Crippen molar-refractivity contribution in [3.8, 4) is 5.75 Å². The molecule has 0 bridgehead atoms. The second-order valence-corrected chi connectivity index (χ2v) is 3.77. The van der Waals surface area contributed by atoms with Crippen LogP contribution in [0.4, 0.5) is 11.4 Å². The van der Waals surface area contributed by atoms with E-state index in [4.69, 9.17) is 5.73 Å². The molecule has 1 rings (SSSR count). The van der Waals surface area contributed by atoms with Gasteiger partial charge in [0.25, 0.3) is 5.69 Å².